The number of amides is 1. The molecule has 2 aromatic carbocycles. The van der Waals surface area contributed by atoms with Crippen LogP contribution >= 0.6 is 0 Å². The van der Waals surface area contributed by atoms with E-state index in [9.17, 15) is 26.4 Å². The van der Waals surface area contributed by atoms with Gasteiger partial charge in [0.25, 0.3) is 0 Å². The lowest BCUT2D eigenvalue weighted by Gasteiger charge is -2.23. The van der Waals surface area contributed by atoms with Gasteiger partial charge in [0.2, 0.25) is 10.0 Å². The summed E-state index contributed by atoms with van der Waals surface area (Å²) in [4.78, 5) is 10.9. The molecule has 1 saturated carbocycles. The summed E-state index contributed by atoms with van der Waals surface area (Å²) in [6.07, 6.45) is -1.83. The lowest BCUT2D eigenvalue weighted by molar-refractivity contribution is -0.173. The van der Waals surface area contributed by atoms with E-state index in [4.69, 9.17) is 0 Å². The molecule has 2 atom stereocenters. The van der Waals surface area contributed by atoms with Crippen molar-refractivity contribution in [3.8, 4) is 11.1 Å². The molecule has 2 aromatic rings. The van der Waals surface area contributed by atoms with Gasteiger partial charge in [0, 0.05) is 18.5 Å². The minimum Gasteiger partial charge on any atom is -0.348 e. The largest absolute Gasteiger partial charge is 0.471 e. The molecule has 2 N–H and O–H groups in total. The summed E-state index contributed by atoms with van der Waals surface area (Å²) in [5.74, 6) is -1.79. The Morgan fingerprint density at radius 2 is 1.58 bits per heavy atom. The number of hydrogen-bond acceptors (Lipinski definition) is 3. The predicted molar refractivity (Wildman–Crippen MR) is 122 cm³/mol. The van der Waals surface area contributed by atoms with Crippen molar-refractivity contribution in [2.45, 2.75) is 62.9 Å². The van der Waals surface area contributed by atoms with Gasteiger partial charge in [0.15, 0.2) is 0 Å². The second-order valence-corrected chi connectivity index (χ2v) is 10.9. The van der Waals surface area contributed by atoms with E-state index in [1.54, 1.807) is 13.8 Å². The SMILES string of the molecule is CC(C)S(=O)(=O)N[C@@H]1CCC[C@H]1c1ccc(-c2ccc(CCNC(=O)C(F)(F)F)cc2)cc1. The van der Waals surface area contributed by atoms with Crippen molar-refractivity contribution in [1.29, 1.82) is 0 Å². The molecule has 0 bridgehead atoms. The number of halogens is 3. The zero-order chi connectivity index (χ0) is 24.2. The van der Waals surface area contributed by atoms with Gasteiger partial charge in [-0.15, -0.1) is 0 Å². The van der Waals surface area contributed by atoms with Gasteiger partial charge in [-0.2, -0.15) is 13.2 Å². The van der Waals surface area contributed by atoms with Crippen molar-refractivity contribution in [1.82, 2.24) is 10.0 Å². The minimum absolute atomic E-state index is 0.0878. The Morgan fingerprint density at radius 1 is 1.00 bits per heavy atom. The van der Waals surface area contributed by atoms with Crippen LogP contribution in [0.5, 0.6) is 0 Å². The van der Waals surface area contributed by atoms with E-state index < -0.39 is 27.4 Å². The van der Waals surface area contributed by atoms with Crippen LogP contribution < -0.4 is 10.0 Å². The Labute approximate surface area is 192 Å². The summed E-state index contributed by atoms with van der Waals surface area (Å²) in [7, 11) is -3.33. The van der Waals surface area contributed by atoms with Gasteiger partial charge in [-0.25, -0.2) is 13.1 Å². The second-order valence-electron chi connectivity index (χ2n) is 8.68. The normalized spacial score (nSPS) is 19.1. The molecular weight excluding hydrogens is 453 g/mol. The van der Waals surface area contributed by atoms with Gasteiger partial charge in [-0.05, 0) is 55.4 Å². The number of hydrogen-bond donors (Lipinski definition) is 2. The lowest BCUT2D eigenvalue weighted by Crippen LogP contribution is -2.40. The fourth-order valence-electron chi connectivity index (χ4n) is 4.05. The van der Waals surface area contributed by atoms with Crippen LogP contribution in [-0.4, -0.2) is 38.3 Å². The molecule has 0 heterocycles. The molecule has 5 nitrogen and oxygen atoms in total. The Balaban J connectivity index is 1.61. The second kappa shape index (κ2) is 10.3. The molecular formula is C24H29F3N2O3S. The molecule has 3 rings (SSSR count). The monoisotopic (exact) mass is 482 g/mol. The summed E-state index contributed by atoms with van der Waals surface area (Å²) in [5.41, 5.74) is 3.88. The van der Waals surface area contributed by atoms with E-state index in [2.05, 4.69) is 4.72 Å². The van der Waals surface area contributed by atoms with E-state index in [0.29, 0.717) is 6.42 Å². The molecule has 180 valence electrons. The van der Waals surface area contributed by atoms with Crippen LogP contribution in [0.2, 0.25) is 0 Å². The van der Waals surface area contributed by atoms with E-state index in [1.807, 2.05) is 53.8 Å². The van der Waals surface area contributed by atoms with E-state index in [1.165, 1.54) is 0 Å². The number of nitrogens with one attached hydrogen (secondary N) is 2. The highest BCUT2D eigenvalue weighted by Gasteiger charge is 2.38. The van der Waals surface area contributed by atoms with Crippen molar-refractivity contribution in [3.63, 3.8) is 0 Å². The molecule has 0 aromatic heterocycles. The van der Waals surface area contributed by atoms with Gasteiger partial charge in [0.05, 0.1) is 5.25 Å². The number of carbonyl (C=O) groups is 1. The first-order valence-electron chi connectivity index (χ1n) is 11.0. The third-order valence-electron chi connectivity index (χ3n) is 6.04. The van der Waals surface area contributed by atoms with Crippen LogP contribution in [0.3, 0.4) is 0 Å². The number of sulfonamides is 1. The third kappa shape index (κ3) is 6.57. The number of rotatable bonds is 8. The molecule has 33 heavy (non-hydrogen) atoms. The first-order chi connectivity index (χ1) is 15.5. The summed E-state index contributed by atoms with van der Waals surface area (Å²) in [5, 5.41) is 1.40. The first kappa shape index (κ1) is 25.2. The quantitative estimate of drug-likeness (QED) is 0.580. The Bertz CT molecular complexity index is 1050. The Hall–Kier alpha value is -2.39. The highest BCUT2D eigenvalue weighted by molar-refractivity contribution is 7.90. The Kier molecular flexibility index (Phi) is 7.84. The molecule has 1 aliphatic rings. The Morgan fingerprint density at radius 3 is 2.12 bits per heavy atom. The summed E-state index contributed by atoms with van der Waals surface area (Å²) < 4.78 is 64.1. The molecule has 0 spiro atoms. The smallest absolute Gasteiger partial charge is 0.348 e. The average Bonchev–Trinajstić information content (AvgIpc) is 3.21. The zero-order valence-corrected chi connectivity index (χ0v) is 19.5. The van der Waals surface area contributed by atoms with E-state index in [0.717, 1.165) is 41.5 Å². The molecule has 1 amide bonds. The zero-order valence-electron chi connectivity index (χ0n) is 18.7. The molecule has 1 fully saturated rings. The van der Waals surface area contributed by atoms with Gasteiger partial charge < -0.3 is 5.32 Å². The van der Waals surface area contributed by atoms with E-state index >= 15 is 0 Å². The van der Waals surface area contributed by atoms with Crippen molar-refractivity contribution in [2.24, 2.45) is 0 Å². The topological polar surface area (TPSA) is 75.3 Å². The average molecular weight is 483 g/mol. The van der Waals surface area contributed by atoms with Gasteiger partial charge in [-0.1, -0.05) is 55.0 Å². The molecule has 1 aliphatic carbocycles. The van der Waals surface area contributed by atoms with Crippen molar-refractivity contribution in [2.75, 3.05) is 6.54 Å². The molecule has 0 unspecified atom stereocenters. The summed E-state index contributed by atoms with van der Waals surface area (Å²) >= 11 is 0. The van der Waals surface area contributed by atoms with Gasteiger partial charge in [-0.3, -0.25) is 4.79 Å². The number of alkyl halides is 3. The first-order valence-corrected chi connectivity index (χ1v) is 12.6. The maximum absolute atomic E-state index is 12.3. The standard InChI is InChI=1S/C24H29F3N2O3S/c1-16(2)33(31,32)29-22-5-3-4-21(22)20-12-10-19(11-13-20)18-8-6-17(7-9-18)14-15-28-23(30)24(25,26)27/h6-13,16,21-22,29H,3-5,14-15H2,1-2H3,(H,28,30)/t21-,22+/m0/s1. The van der Waals surface area contributed by atoms with Crippen molar-refractivity contribution in [3.05, 3.63) is 59.7 Å². The predicted octanol–water partition coefficient (Wildman–Crippen LogP) is 4.54. The minimum atomic E-state index is -4.87. The highest BCUT2D eigenvalue weighted by Crippen LogP contribution is 2.36. The van der Waals surface area contributed by atoms with Crippen LogP contribution in [-0.2, 0) is 21.2 Å². The molecule has 0 radical (unpaired) electrons. The number of benzene rings is 2. The van der Waals surface area contributed by atoms with E-state index in [-0.39, 0.29) is 18.5 Å². The van der Waals surface area contributed by atoms with Gasteiger partial charge in [0.1, 0.15) is 0 Å². The summed E-state index contributed by atoms with van der Waals surface area (Å²) in [6, 6.07) is 15.4. The van der Waals surface area contributed by atoms with Crippen LogP contribution in [0.4, 0.5) is 13.2 Å². The summed E-state index contributed by atoms with van der Waals surface area (Å²) in [6.45, 7) is 3.26. The number of carbonyl (C=O) groups excluding carboxylic acids is 1. The van der Waals surface area contributed by atoms with Crippen molar-refractivity contribution < 1.29 is 26.4 Å². The van der Waals surface area contributed by atoms with Crippen LogP contribution in [0.15, 0.2) is 48.5 Å². The maximum Gasteiger partial charge on any atom is 0.471 e. The van der Waals surface area contributed by atoms with Crippen LogP contribution in [0.1, 0.15) is 50.2 Å². The molecule has 9 heteroatoms. The van der Waals surface area contributed by atoms with Crippen LogP contribution in [0.25, 0.3) is 11.1 Å². The van der Waals surface area contributed by atoms with Crippen molar-refractivity contribution >= 4 is 15.9 Å². The maximum atomic E-state index is 12.3. The fraction of sp³-hybridized carbons (Fsp3) is 0.458. The third-order valence-corrected chi connectivity index (χ3v) is 7.91. The molecule has 0 saturated heterocycles. The lowest BCUT2D eigenvalue weighted by atomic mass is 9.92. The van der Waals surface area contributed by atoms with Crippen LogP contribution in [0, 0.1) is 0 Å². The highest BCUT2D eigenvalue weighted by atomic mass is 32.2. The van der Waals surface area contributed by atoms with Gasteiger partial charge >= 0.3 is 12.1 Å². The fourth-order valence-corrected chi connectivity index (χ4v) is 5.03. The molecule has 0 aliphatic heterocycles.